The Labute approximate surface area is 219 Å². The van der Waals surface area contributed by atoms with Crippen molar-refractivity contribution in [1.82, 2.24) is 15.1 Å². The van der Waals surface area contributed by atoms with E-state index in [0.29, 0.717) is 6.54 Å². The van der Waals surface area contributed by atoms with Gasteiger partial charge in [0.05, 0.1) is 32.3 Å². The lowest BCUT2D eigenvalue weighted by Crippen LogP contribution is -2.61. The minimum Gasteiger partial charge on any atom is -0.497 e. The second kappa shape index (κ2) is 11.8. The van der Waals surface area contributed by atoms with Gasteiger partial charge in [0.1, 0.15) is 5.75 Å². The normalized spacial score (nSPS) is 22.6. The Hall–Kier alpha value is -2.32. The lowest BCUT2D eigenvalue weighted by molar-refractivity contribution is -0.126. The topological polar surface area (TPSA) is 57.3 Å². The molecule has 3 aliphatic rings. The average Bonchev–Trinajstić information content (AvgIpc) is 2.92. The van der Waals surface area contributed by atoms with Crippen LogP contribution >= 0.6 is 11.6 Å². The van der Waals surface area contributed by atoms with Gasteiger partial charge in [0.2, 0.25) is 5.91 Å². The summed E-state index contributed by atoms with van der Waals surface area (Å²) in [5, 5.41) is 4.02. The number of rotatable bonds is 8. The van der Waals surface area contributed by atoms with Crippen molar-refractivity contribution in [2.24, 2.45) is 5.92 Å². The number of hydrogen-bond donors (Lipinski definition) is 1. The van der Waals surface area contributed by atoms with Crippen LogP contribution in [0.3, 0.4) is 0 Å². The number of halogens is 1. The second-order valence-electron chi connectivity index (χ2n) is 10.0. The van der Waals surface area contributed by atoms with Gasteiger partial charge in [0.25, 0.3) is 0 Å². The molecule has 0 saturated carbocycles. The summed E-state index contributed by atoms with van der Waals surface area (Å²) in [6.45, 7) is 8.85. The van der Waals surface area contributed by atoms with Crippen molar-refractivity contribution in [2.45, 2.75) is 25.4 Å². The molecule has 8 heteroatoms. The lowest BCUT2D eigenvalue weighted by Gasteiger charge is -2.49. The molecule has 1 amide bonds. The van der Waals surface area contributed by atoms with Crippen LogP contribution in [0.1, 0.15) is 17.5 Å². The number of morpholine rings is 1. The molecule has 7 nitrogen and oxygen atoms in total. The fourth-order valence-electron chi connectivity index (χ4n) is 5.73. The van der Waals surface area contributed by atoms with E-state index in [9.17, 15) is 4.79 Å². The first-order valence-electron chi connectivity index (χ1n) is 13.1. The standard InChI is InChI=1S/C28H37ClN4O3/c1-35-24-8-5-22-17-25(28(34)30-9-2-10-31-13-15-36-16-14-31)27-20-32(11-12-33(27)26(22)18-24)19-21-3-6-23(29)7-4-21/h3-8,18,25,27H,2,9-17,19-20H2,1H3,(H,30,34)/t25-,27+/m1/s1. The van der Waals surface area contributed by atoms with Crippen molar-refractivity contribution < 1.29 is 14.3 Å². The quantitative estimate of drug-likeness (QED) is 0.549. The minimum atomic E-state index is -0.0812. The second-order valence-corrected chi connectivity index (χ2v) is 10.5. The van der Waals surface area contributed by atoms with E-state index in [1.807, 2.05) is 18.2 Å². The van der Waals surface area contributed by atoms with Crippen LogP contribution < -0.4 is 15.0 Å². The molecule has 0 spiro atoms. The van der Waals surface area contributed by atoms with Crippen molar-refractivity contribution in [1.29, 1.82) is 0 Å². The van der Waals surface area contributed by atoms with Gasteiger partial charge in [-0.15, -0.1) is 0 Å². The van der Waals surface area contributed by atoms with Crippen molar-refractivity contribution in [3.05, 3.63) is 58.6 Å². The summed E-state index contributed by atoms with van der Waals surface area (Å²) < 4.78 is 11.0. The van der Waals surface area contributed by atoms with Gasteiger partial charge >= 0.3 is 0 Å². The molecule has 2 fully saturated rings. The summed E-state index contributed by atoms with van der Waals surface area (Å²) in [6, 6.07) is 14.5. The number of anilines is 1. The number of hydrogen-bond acceptors (Lipinski definition) is 6. The summed E-state index contributed by atoms with van der Waals surface area (Å²) in [6.07, 6.45) is 1.72. The number of amides is 1. The van der Waals surface area contributed by atoms with Crippen LogP contribution in [0.5, 0.6) is 5.75 Å². The lowest BCUT2D eigenvalue weighted by atomic mass is 9.83. The molecule has 2 saturated heterocycles. The zero-order chi connectivity index (χ0) is 24.9. The molecule has 0 radical (unpaired) electrons. The zero-order valence-corrected chi connectivity index (χ0v) is 21.9. The first-order chi connectivity index (χ1) is 17.6. The van der Waals surface area contributed by atoms with Crippen LogP contribution in [0.2, 0.25) is 5.02 Å². The van der Waals surface area contributed by atoms with Gasteiger partial charge in [0.15, 0.2) is 0 Å². The number of nitrogens with one attached hydrogen (secondary N) is 1. The van der Waals surface area contributed by atoms with E-state index in [1.54, 1.807) is 7.11 Å². The first kappa shape index (κ1) is 25.3. The highest BCUT2D eigenvalue weighted by Gasteiger charge is 2.41. The summed E-state index contributed by atoms with van der Waals surface area (Å²) >= 11 is 6.09. The van der Waals surface area contributed by atoms with Crippen molar-refractivity contribution in [3.8, 4) is 5.75 Å². The van der Waals surface area contributed by atoms with Crippen LogP contribution in [0.15, 0.2) is 42.5 Å². The third-order valence-corrected chi connectivity index (χ3v) is 7.97. The maximum Gasteiger partial charge on any atom is 0.225 e. The van der Waals surface area contributed by atoms with E-state index >= 15 is 0 Å². The van der Waals surface area contributed by atoms with Crippen molar-refractivity contribution >= 4 is 23.2 Å². The van der Waals surface area contributed by atoms with Gasteiger partial charge in [-0.2, -0.15) is 0 Å². The van der Waals surface area contributed by atoms with Gasteiger partial charge in [-0.3, -0.25) is 14.6 Å². The number of nitrogens with zero attached hydrogens (tertiary/aromatic N) is 3. The Bertz CT molecular complexity index is 1030. The molecule has 5 rings (SSSR count). The number of ether oxygens (including phenoxy) is 2. The molecule has 0 unspecified atom stereocenters. The summed E-state index contributed by atoms with van der Waals surface area (Å²) in [7, 11) is 1.71. The van der Waals surface area contributed by atoms with Crippen LogP contribution in [0, 0.1) is 5.92 Å². The predicted octanol–water partition coefficient (Wildman–Crippen LogP) is 3.05. The molecule has 1 N–H and O–H groups in total. The minimum absolute atomic E-state index is 0.0812. The van der Waals surface area contributed by atoms with Gasteiger partial charge in [-0.05, 0) is 48.7 Å². The first-order valence-corrected chi connectivity index (χ1v) is 13.5. The Balaban J connectivity index is 1.27. The third kappa shape index (κ3) is 5.97. The molecule has 2 atom stereocenters. The molecule has 0 aliphatic carbocycles. The highest BCUT2D eigenvalue weighted by atomic mass is 35.5. The van der Waals surface area contributed by atoms with Gasteiger partial charge in [-0.1, -0.05) is 29.8 Å². The number of benzene rings is 2. The summed E-state index contributed by atoms with van der Waals surface area (Å²) in [5.41, 5.74) is 3.68. The van der Waals surface area contributed by atoms with Crippen LogP contribution in [-0.4, -0.2) is 87.9 Å². The third-order valence-electron chi connectivity index (χ3n) is 7.72. The van der Waals surface area contributed by atoms with Crippen molar-refractivity contribution in [2.75, 3.05) is 71.0 Å². The highest BCUT2D eigenvalue weighted by molar-refractivity contribution is 6.30. The van der Waals surface area contributed by atoms with Crippen LogP contribution in [0.4, 0.5) is 5.69 Å². The fourth-order valence-corrected chi connectivity index (χ4v) is 5.85. The SMILES string of the molecule is COc1ccc2c(c1)N1CCN(Cc3ccc(Cl)cc3)C[C@H]1[C@H](C(=O)NCCCN1CCOCC1)C2. The Morgan fingerprint density at radius 2 is 1.89 bits per heavy atom. The molecule has 3 aliphatic heterocycles. The average molecular weight is 513 g/mol. The molecule has 2 aromatic carbocycles. The predicted molar refractivity (Wildman–Crippen MR) is 143 cm³/mol. The Morgan fingerprint density at radius 1 is 1.08 bits per heavy atom. The molecule has 3 heterocycles. The molecule has 36 heavy (non-hydrogen) atoms. The number of carbonyl (C=O) groups is 1. The largest absolute Gasteiger partial charge is 0.497 e. The molecule has 0 bridgehead atoms. The van der Waals surface area contributed by atoms with Crippen LogP contribution in [-0.2, 0) is 22.5 Å². The van der Waals surface area contributed by atoms with Crippen molar-refractivity contribution in [3.63, 3.8) is 0 Å². The van der Waals surface area contributed by atoms with Gasteiger partial charge < -0.3 is 19.7 Å². The van der Waals surface area contributed by atoms with Gasteiger partial charge in [-0.25, -0.2) is 0 Å². The van der Waals surface area contributed by atoms with Gasteiger partial charge in [0, 0.05) is 62.6 Å². The number of carbonyl (C=O) groups excluding carboxylic acids is 1. The van der Waals surface area contributed by atoms with Crippen LogP contribution in [0.25, 0.3) is 0 Å². The van der Waals surface area contributed by atoms with E-state index in [-0.39, 0.29) is 17.9 Å². The summed E-state index contributed by atoms with van der Waals surface area (Å²) in [5.74, 6) is 0.950. The van der Waals surface area contributed by atoms with E-state index in [1.165, 1.54) is 16.8 Å². The Morgan fingerprint density at radius 3 is 2.67 bits per heavy atom. The molecule has 2 aromatic rings. The number of piperazine rings is 1. The number of methoxy groups -OCH3 is 1. The Kier molecular flexibility index (Phi) is 8.32. The van der Waals surface area contributed by atoms with E-state index < -0.39 is 0 Å². The monoisotopic (exact) mass is 512 g/mol. The summed E-state index contributed by atoms with van der Waals surface area (Å²) in [4.78, 5) is 20.8. The zero-order valence-electron chi connectivity index (χ0n) is 21.1. The molecule has 194 valence electrons. The van der Waals surface area contributed by atoms with E-state index in [2.05, 4.69) is 44.3 Å². The van der Waals surface area contributed by atoms with E-state index in [0.717, 1.165) is 82.6 Å². The highest BCUT2D eigenvalue weighted by Crippen LogP contribution is 2.38. The number of fused-ring (bicyclic) bond motifs is 3. The maximum absolute atomic E-state index is 13.5. The molecule has 0 aromatic heterocycles. The fraction of sp³-hybridized carbons (Fsp3) is 0.536. The molecular formula is C28H37ClN4O3. The molecular weight excluding hydrogens is 476 g/mol. The maximum atomic E-state index is 13.5. The van der Waals surface area contributed by atoms with E-state index in [4.69, 9.17) is 21.1 Å². The smallest absolute Gasteiger partial charge is 0.225 e.